The number of nitrogens with zero attached hydrogens (tertiary/aromatic N) is 3. The predicted molar refractivity (Wildman–Crippen MR) is 97.6 cm³/mol. The summed E-state index contributed by atoms with van der Waals surface area (Å²) in [6, 6.07) is 2.14. The second kappa shape index (κ2) is 7.11. The second-order valence-corrected chi connectivity index (χ2v) is 8.30. The summed E-state index contributed by atoms with van der Waals surface area (Å²) in [5.74, 6) is 0. The molecule has 6 heteroatoms. The molecule has 2 aromatic heterocycles. The van der Waals surface area contributed by atoms with Gasteiger partial charge in [0.15, 0.2) is 0 Å². The molecule has 0 amide bonds. The minimum absolute atomic E-state index is 0.0138. The molecule has 0 radical (unpaired) electrons. The minimum atomic E-state index is -0.0138. The van der Waals surface area contributed by atoms with Crippen LogP contribution in [0.4, 0.5) is 0 Å². The molecule has 2 aliphatic heterocycles. The minimum Gasteiger partial charge on any atom is -0.373 e. The number of ether oxygens (including phenoxy) is 2. The maximum Gasteiger partial charge on any atom is 0.107 e. The number of likely N-dealkylation sites (tertiary alicyclic amines) is 1. The lowest BCUT2D eigenvalue weighted by molar-refractivity contribution is -0.200. The molecule has 0 aromatic carbocycles. The fourth-order valence-electron chi connectivity index (χ4n) is 3.80. The van der Waals surface area contributed by atoms with E-state index in [0.29, 0.717) is 6.61 Å². The van der Waals surface area contributed by atoms with Crippen LogP contribution in [0.25, 0.3) is 0 Å². The lowest BCUT2D eigenvalue weighted by Gasteiger charge is -2.53. The largest absolute Gasteiger partial charge is 0.373 e. The van der Waals surface area contributed by atoms with Gasteiger partial charge in [0.2, 0.25) is 0 Å². The number of hydrogen-bond donors (Lipinski definition) is 0. The van der Waals surface area contributed by atoms with E-state index in [9.17, 15) is 0 Å². The smallest absolute Gasteiger partial charge is 0.107 e. The van der Waals surface area contributed by atoms with Crippen molar-refractivity contribution in [3.8, 4) is 0 Å². The van der Waals surface area contributed by atoms with E-state index in [1.807, 2.05) is 19.3 Å². The third-order valence-electron chi connectivity index (χ3n) is 4.91. The van der Waals surface area contributed by atoms with Crippen LogP contribution in [0.2, 0.25) is 0 Å². The molecule has 2 aliphatic rings. The summed E-state index contributed by atoms with van der Waals surface area (Å²) in [4.78, 5) is 11.2. The summed E-state index contributed by atoms with van der Waals surface area (Å²) in [7, 11) is 0. The van der Waals surface area contributed by atoms with Crippen molar-refractivity contribution in [1.82, 2.24) is 14.9 Å². The van der Waals surface area contributed by atoms with Crippen molar-refractivity contribution in [2.24, 2.45) is 0 Å². The summed E-state index contributed by atoms with van der Waals surface area (Å²) in [6.07, 6.45) is 6.01. The molecule has 134 valence electrons. The maximum absolute atomic E-state index is 6.16. The van der Waals surface area contributed by atoms with Crippen LogP contribution in [0.5, 0.6) is 0 Å². The molecule has 25 heavy (non-hydrogen) atoms. The highest BCUT2D eigenvalue weighted by atomic mass is 32.1. The van der Waals surface area contributed by atoms with Gasteiger partial charge in [-0.05, 0) is 31.4 Å². The Morgan fingerprint density at radius 3 is 3.00 bits per heavy atom. The van der Waals surface area contributed by atoms with E-state index in [-0.39, 0.29) is 11.7 Å². The van der Waals surface area contributed by atoms with E-state index in [4.69, 9.17) is 9.47 Å². The molecule has 2 fully saturated rings. The topological polar surface area (TPSA) is 47.5 Å². The van der Waals surface area contributed by atoms with E-state index in [1.165, 1.54) is 10.6 Å². The number of pyridine rings is 1. The number of aromatic nitrogens is 2. The van der Waals surface area contributed by atoms with Gasteiger partial charge in [0.1, 0.15) is 5.01 Å². The molecule has 0 N–H and O–H groups in total. The van der Waals surface area contributed by atoms with Crippen molar-refractivity contribution >= 4 is 11.3 Å². The first-order valence-electron chi connectivity index (χ1n) is 8.90. The molecule has 2 saturated heterocycles. The van der Waals surface area contributed by atoms with E-state index >= 15 is 0 Å². The first-order chi connectivity index (χ1) is 12.1. The van der Waals surface area contributed by atoms with Gasteiger partial charge < -0.3 is 9.47 Å². The highest BCUT2D eigenvalue weighted by Crippen LogP contribution is 2.36. The Balaban J connectivity index is 1.27. The van der Waals surface area contributed by atoms with Gasteiger partial charge in [0.25, 0.3) is 0 Å². The number of aryl methyl sites for hydroxylation is 2. The van der Waals surface area contributed by atoms with Crippen LogP contribution in [-0.4, -0.2) is 46.3 Å². The summed E-state index contributed by atoms with van der Waals surface area (Å²) in [5, 5.41) is 3.31. The first kappa shape index (κ1) is 17.1. The number of rotatable bonds is 5. The van der Waals surface area contributed by atoms with Crippen LogP contribution in [0.1, 0.15) is 34.7 Å². The second-order valence-electron chi connectivity index (χ2n) is 7.36. The Morgan fingerprint density at radius 2 is 2.24 bits per heavy atom. The Hall–Kier alpha value is -1.34. The summed E-state index contributed by atoms with van der Waals surface area (Å²) < 4.78 is 12.3. The van der Waals surface area contributed by atoms with Crippen molar-refractivity contribution < 1.29 is 9.47 Å². The number of thiazole rings is 1. The van der Waals surface area contributed by atoms with Gasteiger partial charge in [-0.2, -0.15) is 0 Å². The lowest BCUT2D eigenvalue weighted by Crippen LogP contribution is -2.65. The average molecular weight is 359 g/mol. The average Bonchev–Trinajstić information content (AvgIpc) is 2.97. The standard InChI is InChI=1S/C19H25N3O2S/c1-14-5-16(8-20-7-14)10-23-17-3-4-24-19(6-17)12-22(13-19)9-18-21-15(2)11-25-18/h5,7-8,11,17H,3-4,6,9-10,12-13H2,1-2H3. The molecule has 1 unspecified atom stereocenters. The van der Waals surface area contributed by atoms with Crippen molar-refractivity contribution in [1.29, 1.82) is 0 Å². The SMILES string of the molecule is Cc1cncc(COC2CCOC3(C2)CN(Cc2nc(C)cs2)C3)c1. The van der Waals surface area contributed by atoms with Crippen LogP contribution in [0, 0.1) is 13.8 Å². The van der Waals surface area contributed by atoms with Gasteiger partial charge in [-0.1, -0.05) is 6.07 Å². The third-order valence-corrected chi connectivity index (χ3v) is 5.87. The Labute approximate surface area is 153 Å². The highest BCUT2D eigenvalue weighted by Gasteiger charge is 2.47. The van der Waals surface area contributed by atoms with Crippen molar-refractivity contribution in [2.75, 3.05) is 19.7 Å². The fourth-order valence-corrected chi connectivity index (χ4v) is 4.62. The maximum atomic E-state index is 6.16. The first-order valence-corrected chi connectivity index (χ1v) is 9.78. The van der Waals surface area contributed by atoms with Crippen LogP contribution >= 0.6 is 11.3 Å². The van der Waals surface area contributed by atoms with E-state index in [0.717, 1.165) is 50.3 Å². The molecular formula is C19H25N3O2S. The number of hydrogen-bond acceptors (Lipinski definition) is 6. The van der Waals surface area contributed by atoms with E-state index in [2.05, 4.69) is 33.2 Å². The molecule has 2 aromatic rings. The quantitative estimate of drug-likeness (QED) is 0.821. The molecule has 1 spiro atoms. The predicted octanol–water partition coefficient (Wildman–Crippen LogP) is 3.11. The molecule has 0 aliphatic carbocycles. The molecule has 0 saturated carbocycles. The van der Waals surface area contributed by atoms with Gasteiger partial charge in [-0.15, -0.1) is 11.3 Å². The Kier molecular flexibility index (Phi) is 4.86. The molecule has 4 rings (SSSR count). The summed E-state index contributed by atoms with van der Waals surface area (Å²) >= 11 is 1.75. The van der Waals surface area contributed by atoms with Crippen LogP contribution in [-0.2, 0) is 22.6 Å². The molecule has 1 atom stereocenters. The van der Waals surface area contributed by atoms with Crippen LogP contribution in [0.15, 0.2) is 23.8 Å². The zero-order chi connectivity index (χ0) is 17.3. The summed E-state index contributed by atoms with van der Waals surface area (Å²) in [5.41, 5.74) is 3.43. The highest BCUT2D eigenvalue weighted by molar-refractivity contribution is 7.09. The van der Waals surface area contributed by atoms with Crippen molar-refractivity contribution in [3.05, 3.63) is 45.7 Å². The van der Waals surface area contributed by atoms with E-state index < -0.39 is 0 Å². The van der Waals surface area contributed by atoms with Crippen LogP contribution < -0.4 is 0 Å². The zero-order valence-electron chi connectivity index (χ0n) is 14.9. The molecule has 4 heterocycles. The van der Waals surface area contributed by atoms with Crippen molar-refractivity contribution in [2.45, 2.75) is 51.5 Å². The van der Waals surface area contributed by atoms with Gasteiger partial charge in [0.05, 0.1) is 24.9 Å². The Bertz CT molecular complexity index is 727. The van der Waals surface area contributed by atoms with Crippen LogP contribution in [0.3, 0.4) is 0 Å². The molecular weight excluding hydrogens is 334 g/mol. The normalized spacial score (nSPS) is 22.9. The lowest BCUT2D eigenvalue weighted by atomic mass is 9.84. The van der Waals surface area contributed by atoms with E-state index in [1.54, 1.807) is 11.3 Å². The third kappa shape index (κ3) is 4.08. The Morgan fingerprint density at radius 1 is 1.36 bits per heavy atom. The van der Waals surface area contributed by atoms with Gasteiger partial charge in [-0.3, -0.25) is 9.88 Å². The zero-order valence-corrected chi connectivity index (χ0v) is 15.7. The van der Waals surface area contributed by atoms with Gasteiger partial charge in [-0.25, -0.2) is 4.98 Å². The fraction of sp³-hybridized carbons (Fsp3) is 0.579. The monoisotopic (exact) mass is 359 g/mol. The molecule has 5 nitrogen and oxygen atoms in total. The molecule has 0 bridgehead atoms. The van der Waals surface area contributed by atoms with Crippen molar-refractivity contribution in [3.63, 3.8) is 0 Å². The summed E-state index contributed by atoms with van der Waals surface area (Å²) in [6.45, 7) is 8.44. The van der Waals surface area contributed by atoms with Gasteiger partial charge in [0, 0.05) is 49.6 Å². The van der Waals surface area contributed by atoms with Gasteiger partial charge >= 0.3 is 0 Å².